The number of aryl methyl sites for hydroxylation is 4. The molecule has 2 aromatic carbocycles. The van der Waals surface area contributed by atoms with Crippen molar-refractivity contribution in [1.82, 2.24) is 14.5 Å². The fraction of sp³-hybridized carbons (Fsp3) is 0.346. The van der Waals surface area contributed by atoms with Gasteiger partial charge in [0.05, 0.1) is 25.6 Å². The zero-order valence-corrected chi connectivity index (χ0v) is 20.6. The first kappa shape index (κ1) is 24.1. The highest BCUT2D eigenvalue weighted by molar-refractivity contribution is 5.70. The maximum Gasteiger partial charge on any atom is 0.404 e. The van der Waals surface area contributed by atoms with Gasteiger partial charge in [0.1, 0.15) is 5.49 Å². The number of methoxy groups -OCH3 is 2. The number of aromatic nitrogens is 2. The van der Waals surface area contributed by atoms with E-state index in [1.54, 1.807) is 18.8 Å². The van der Waals surface area contributed by atoms with Crippen molar-refractivity contribution >= 4 is 11.8 Å². The molecule has 2 N–H and O–H groups in total. The molecule has 0 saturated carbocycles. The van der Waals surface area contributed by atoms with Crippen LogP contribution in [0.5, 0.6) is 11.5 Å². The number of rotatable bonds is 6. The Morgan fingerprint density at radius 3 is 2.34 bits per heavy atom. The number of carboxylic acid groups (broad SMARTS) is 1. The molecule has 0 unspecified atom stereocenters. The topological polar surface area (TPSA) is 107 Å². The van der Waals surface area contributed by atoms with Gasteiger partial charge in [0.2, 0.25) is 0 Å². The molecule has 4 rings (SSSR count). The van der Waals surface area contributed by atoms with Gasteiger partial charge < -0.3 is 19.9 Å². The second kappa shape index (κ2) is 9.69. The Hall–Kier alpha value is -4.01. The van der Waals surface area contributed by atoms with Crippen LogP contribution in [-0.2, 0) is 19.5 Å². The van der Waals surface area contributed by atoms with E-state index in [-0.39, 0.29) is 18.8 Å². The van der Waals surface area contributed by atoms with Gasteiger partial charge >= 0.3 is 11.8 Å². The summed E-state index contributed by atoms with van der Waals surface area (Å²) in [4.78, 5) is 29.6. The van der Waals surface area contributed by atoms with Crippen LogP contribution in [0.15, 0.2) is 40.1 Å². The summed E-state index contributed by atoms with van der Waals surface area (Å²) < 4.78 is 14.2. The predicted molar refractivity (Wildman–Crippen MR) is 133 cm³/mol. The zero-order chi connectivity index (χ0) is 25.3. The highest BCUT2D eigenvalue weighted by Crippen LogP contribution is 2.37. The molecule has 9 heteroatoms. The predicted octanol–water partition coefficient (Wildman–Crippen LogP) is 3.32. The lowest BCUT2D eigenvalue weighted by molar-refractivity contribution is 0.194. The Bertz CT molecular complexity index is 1410. The summed E-state index contributed by atoms with van der Waals surface area (Å²) >= 11 is 0. The van der Waals surface area contributed by atoms with Crippen molar-refractivity contribution in [1.29, 1.82) is 0 Å². The quantitative estimate of drug-likeness (QED) is 0.565. The molecule has 3 aromatic rings. The number of hydrogen-bond donors (Lipinski definition) is 2. The molecule has 0 atom stereocenters. The third-order valence-corrected chi connectivity index (χ3v) is 6.26. The summed E-state index contributed by atoms with van der Waals surface area (Å²) in [6, 6.07) is 9.84. The lowest BCUT2D eigenvalue weighted by Gasteiger charge is -2.24. The summed E-state index contributed by atoms with van der Waals surface area (Å²) in [5.41, 5.74) is 6.84. The van der Waals surface area contributed by atoms with Crippen molar-refractivity contribution in [3.05, 3.63) is 68.6 Å². The largest absolute Gasteiger partial charge is 0.493 e. The second-order valence-electron chi connectivity index (χ2n) is 8.68. The lowest BCUT2D eigenvalue weighted by atomic mass is 9.97. The van der Waals surface area contributed by atoms with Crippen LogP contribution in [-0.4, -0.2) is 41.1 Å². The van der Waals surface area contributed by atoms with Crippen molar-refractivity contribution < 1.29 is 19.4 Å². The molecule has 1 aromatic heterocycles. The van der Waals surface area contributed by atoms with E-state index in [2.05, 4.69) is 17.4 Å². The van der Waals surface area contributed by atoms with Crippen LogP contribution in [0.2, 0.25) is 0 Å². The number of fused-ring (bicyclic) bond motifs is 3. The molecule has 0 bridgehead atoms. The van der Waals surface area contributed by atoms with Crippen molar-refractivity contribution in [2.45, 2.75) is 40.3 Å². The minimum atomic E-state index is -1.14. The summed E-state index contributed by atoms with van der Waals surface area (Å²) in [6.07, 6.45) is -0.481. The Morgan fingerprint density at radius 1 is 1.06 bits per heavy atom. The molecule has 2 heterocycles. The number of hydrogen-bond acceptors (Lipinski definition) is 5. The first-order valence-corrected chi connectivity index (χ1v) is 11.4. The van der Waals surface area contributed by atoms with Crippen LogP contribution in [0.25, 0.3) is 11.3 Å². The third kappa shape index (κ3) is 4.66. The molecule has 1 aliphatic rings. The Labute approximate surface area is 203 Å². The average molecular weight is 479 g/mol. The van der Waals surface area contributed by atoms with E-state index >= 15 is 0 Å². The molecule has 9 nitrogen and oxygen atoms in total. The number of ether oxygens (including phenoxy) is 2. The SMILES string of the molecule is COc1cc2c(cc1OC)-c1cc(=Nc3c(C)cc(C)cc3C)n(CCNC(=O)O)c(=O)n1CC2. The molecule has 0 fully saturated rings. The van der Waals surface area contributed by atoms with Crippen LogP contribution in [0.4, 0.5) is 10.5 Å². The van der Waals surface area contributed by atoms with E-state index in [1.165, 1.54) is 4.57 Å². The molecule has 1 aliphatic heterocycles. The average Bonchev–Trinajstić information content (AvgIpc) is 2.81. The summed E-state index contributed by atoms with van der Waals surface area (Å²) in [6.45, 7) is 6.76. The van der Waals surface area contributed by atoms with Gasteiger partial charge in [0.25, 0.3) is 0 Å². The Balaban J connectivity index is 1.98. The number of amides is 1. The van der Waals surface area contributed by atoms with Gasteiger partial charge in [-0.3, -0.25) is 9.13 Å². The van der Waals surface area contributed by atoms with Crippen molar-refractivity contribution in [2.24, 2.45) is 4.99 Å². The minimum absolute atomic E-state index is 0.0879. The molecule has 0 aliphatic carbocycles. The molecule has 1 amide bonds. The molecule has 0 saturated heterocycles. The zero-order valence-electron chi connectivity index (χ0n) is 20.6. The number of benzene rings is 2. The van der Waals surface area contributed by atoms with E-state index in [1.807, 2.05) is 39.0 Å². The van der Waals surface area contributed by atoms with Crippen LogP contribution < -0.4 is 26.0 Å². The highest BCUT2D eigenvalue weighted by atomic mass is 16.5. The standard InChI is InChI=1S/C26H30N4O5/c1-15-10-16(2)24(17(3)11-15)28-23-14-20-19-13-22(35-5)21(34-4)12-18(19)6-8-29(20)26(33)30(23)9-7-27-25(31)32/h10-14,27H,6-9H2,1-5H3,(H,31,32). The van der Waals surface area contributed by atoms with E-state index in [0.717, 1.165) is 39.2 Å². The summed E-state index contributed by atoms with van der Waals surface area (Å²) in [7, 11) is 3.18. The molecule has 184 valence electrons. The van der Waals surface area contributed by atoms with E-state index in [9.17, 15) is 9.59 Å². The smallest absolute Gasteiger partial charge is 0.404 e. The van der Waals surface area contributed by atoms with E-state index in [4.69, 9.17) is 19.6 Å². The van der Waals surface area contributed by atoms with E-state index < -0.39 is 6.09 Å². The third-order valence-electron chi connectivity index (χ3n) is 6.26. The molecular weight excluding hydrogens is 448 g/mol. The van der Waals surface area contributed by atoms with Crippen LogP contribution in [0.3, 0.4) is 0 Å². The Morgan fingerprint density at radius 2 is 1.71 bits per heavy atom. The van der Waals surface area contributed by atoms with Gasteiger partial charge in [-0.15, -0.1) is 0 Å². The van der Waals surface area contributed by atoms with E-state index in [0.29, 0.717) is 30.0 Å². The van der Waals surface area contributed by atoms with Crippen molar-refractivity contribution in [3.8, 4) is 22.8 Å². The van der Waals surface area contributed by atoms with Gasteiger partial charge in [-0.05, 0) is 56.0 Å². The second-order valence-corrected chi connectivity index (χ2v) is 8.68. The summed E-state index contributed by atoms with van der Waals surface area (Å²) in [5, 5.41) is 11.3. The monoisotopic (exact) mass is 478 g/mol. The number of nitrogens with zero attached hydrogens (tertiary/aromatic N) is 3. The molecular formula is C26H30N4O5. The molecule has 35 heavy (non-hydrogen) atoms. The number of nitrogens with one attached hydrogen (secondary N) is 1. The van der Waals surface area contributed by atoms with Crippen molar-refractivity contribution in [2.75, 3.05) is 20.8 Å². The minimum Gasteiger partial charge on any atom is -0.493 e. The lowest BCUT2D eigenvalue weighted by Crippen LogP contribution is -2.44. The normalized spacial score (nSPS) is 12.7. The Kier molecular flexibility index (Phi) is 6.68. The van der Waals surface area contributed by atoms with Gasteiger partial charge in [-0.25, -0.2) is 14.6 Å². The maximum absolute atomic E-state index is 13.6. The highest BCUT2D eigenvalue weighted by Gasteiger charge is 2.22. The fourth-order valence-electron chi connectivity index (χ4n) is 4.70. The van der Waals surface area contributed by atoms with Gasteiger partial charge in [0, 0.05) is 31.3 Å². The van der Waals surface area contributed by atoms with Crippen LogP contribution in [0, 0.1) is 20.8 Å². The van der Waals surface area contributed by atoms with Gasteiger partial charge in [-0.1, -0.05) is 17.7 Å². The van der Waals surface area contributed by atoms with Gasteiger partial charge in [-0.2, -0.15) is 0 Å². The maximum atomic E-state index is 13.6. The van der Waals surface area contributed by atoms with Crippen LogP contribution in [0.1, 0.15) is 22.3 Å². The first-order valence-electron chi connectivity index (χ1n) is 11.4. The van der Waals surface area contributed by atoms with Crippen LogP contribution >= 0.6 is 0 Å². The van der Waals surface area contributed by atoms with Crippen molar-refractivity contribution in [3.63, 3.8) is 0 Å². The summed E-state index contributed by atoms with van der Waals surface area (Å²) in [5.74, 6) is 1.22. The molecule has 0 spiro atoms. The van der Waals surface area contributed by atoms with Gasteiger partial charge in [0.15, 0.2) is 11.5 Å². The first-order chi connectivity index (χ1) is 16.7. The fourth-order valence-corrected chi connectivity index (χ4v) is 4.70. The number of carbonyl (C=O) groups is 1. The molecule has 0 radical (unpaired) electrons.